The molecule has 146 valence electrons. The van der Waals surface area contributed by atoms with Crippen molar-refractivity contribution < 1.29 is 13.2 Å². The normalized spacial score (nSPS) is 26.8. The summed E-state index contributed by atoms with van der Waals surface area (Å²) in [5.41, 5.74) is 0.134. The summed E-state index contributed by atoms with van der Waals surface area (Å²) in [5, 5.41) is 3.44. The van der Waals surface area contributed by atoms with Gasteiger partial charge in [-0.2, -0.15) is 0 Å². The van der Waals surface area contributed by atoms with Gasteiger partial charge in [-0.3, -0.25) is 14.2 Å². The van der Waals surface area contributed by atoms with E-state index in [0.717, 1.165) is 29.7 Å². The van der Waals surface area contributed by atoms with E-state index in [0.29, 0.717) is 17.7 Å². The van der Waals surface area contributed by atoms with Crippen LogP contribution in [0.2, 0.25) is 0 Å². The lowest BCUT2D eigenvalue weighted by Crippen LogP contribution is -2.48. The van der Waals surface area contributed by atoms with E-state index in [1.165, 1.54) is 15.8 Å². The van der Waals surface area contributed by atoms with Crippen molar-refractivity contribution in [1.29, 1.82) is 0 Å². The minimum atomic E-state index is -3.11. The molecule has 0 bridgehead atoms. The van der Waals surface area contributed by atoms with Crippen LogP contribution in [0.15, 0.2) is 11.1 Å². The molecule has 7 nitrogen and oxygen atoms in total. The lowest BCUT2D eigenvalue weighted by atomic mass is 9.89. The molecule has 9 heteroatoms. The Morgan fingerprint density at radius 3 is 2.96 bits per heavy atom. The van der Waals surface area contributed by atoms with Crippen LogP contribution in [-0.2, 0) is 34.0 Å². The van der Waals surface area contributed by atoms with Gasteiger partial charge in [0.1, 0.15) is 11.4 Å². The Morgan fingerprint density at radius 2 is 2.26 bits per heavy atom. The van der Waals surface area contributed by atoms with Crippen molar-refractivity contribution in [1.82, 2.24) is 14.9 Å². The molecule has 1 N–H and O–H groups in total. The monoisotopic (exact) mass is 409 g/mol. The lowest BCUT2D eigenvalue weighted by Gasteiger charge is -2.24. The molecule has 4 rings (SSSR count). The predicted octanol–water partition coefficient (Wildman–Crippen LogP) is 1.28. The number of carbonyl (C=O) groups excluding carboxylic acids is 1. The fourth-order valence-electron chi connectivity index (χ4n) is 4.12. The molecule has 2 atom stereocenters. The molecule has 1 aliphatic carbocycles. The number of hydrogen-bond donors (Lipinski definition) is 1. The van der Waals surface area contributed by atoms with Crippen molar-refractivity contribution in [2.24, 2.45) is 5.92 Å². The number of aromatic nitrogens is 2. The first-order valence-electron chi connectivity index (χ1n) is 9.17. The molecule has 2 aliphatic rings. The summed E-state index contributed by atoms with van der Waals surface area (Å²) in [6.45, 7) is 3.79. The van der Waals surface area contributed by atoms with Gasteiger partial charge >= 0.3 is 0 Å². The highest BCUT2D eigenvalue weighted by Gasteiger charge is 2.39. The zero-order valence-corrected chi connectivity index (χ0v) is 17.1. The first kappa shape index (κ1) is 18.6. The van der Waals surface area contributed by atoms with E-state index in [2.05, 4.69) is 17.2 Å². The molecule has 1 saturated heterocycles. The van der Waals surface area contributed by atoms with Crippen LogP contribution in [0.25, 0.3) is 10.2 Å². The topological polar surface area (TPSA) is 98.1 Å². The molecule has 3 heterocycles. The lowest BCUT2D eigenvalue weighted by molar-refractivity contribution is -0.123. The van der Waals surface area contributed by atoms with Crippen LogP contribution in [0.3, 0.4) is 0 Å². The molecule has 0 aromatic carbocycles. The number of fused-ring (bicyclic) bond motifs is 3. The number of aryl methyl sites for hydroxylation is 1. The number of nitrogens with zero attached hydrogens (tertiary/aromatic N) is 2. The third kappa shape index (κ3) is 3.54. The molecular formula is C18H23N3O4S2. The number of hydrogen-bond acceptors (Lipinski definition) is 6. The maximum Gasteiger partial charge on any atom is 0.262 e. The summed E-state index contributed by atoms with van der Waals surface area (Å²) < 4.78 is 24.7. The second-order valence-corrected chi connectivity index (χ2v) is 11.4. The summed E-state index contributed by atoms with van der Waals surface area (Å²) in [4.78, 5) is 31.8. The van der Waals surface area contributed by atoms with Gasteiger partial charge in [-0.15, -0.1) is 11.3 Å². The molecule has 1 aliphatic heterocycles. The summed E-state index contributed by atoms with van der Waals surface area (Å²) >= 11 is 1.58. The van der Waals surface area contributed by atoms with Gasteiger partial charge in [0.05, 0.1) is 28.8 Å². The highest BCUT2D eigenvalue weighted by atomic mass is 32.2. The van der Waals surface area contributed by atoms with Crippen molar-refractivity contribution in [2.75, 3.05) is 11.5 Å². The zero-order valence-electron chi connectivity index (χ0n) is 15.4. The molecule has 1 fully saturated rings. The van der Waals surface area contributed by atoms with E-state index in [1.807, 2.05) is 0 Å². The van der Waals surface area contributed by atoms with Crippen LogP contribution >= 0.6 is 11.3 Å². The smallest absolute Gasteiger partial charge is 0.262 e. The minimum absolute atomic E-state index is 0.0614. The molecule has 0 spiro atoms. The molecular weight excluding hydrogens is 386 g/mol. The van der Waals surface area contributed by atoms with Crippen LogP contribution < -0.4 is 10.9 Å². The Balaban J connectivity index is 1.59. The van der Waals surface area contributed by atoms with Crippen LogP contribution in [0.4, 0.5) is 0 Å². The minimum Gasteiger partial charge on any atom is -0.348 e. The largest absolute Gasteiger partial charge is 0.348 e. The summed E-state index contributed by atoms with van der Waals surface area (Å²) in [6.07, 6.45) is 4.72. The quantitative estimate of drug-likeness (QED) is 0.823. The van der Waals surface area contributed by atoms with Crippen molar-refractivity contribution in [3.8, 4) is 0 Å². The van der Waals surface area contributed by atoms with Crippen LogP contribution in [0.1, 0.15) is 37.1 Å². The standard InChI is InChI=1S/C18H23N3O4S2/c1-11-3-4-12-13(7-11)26-16-15(12)17(23)21(10-19-16)8-14(22)20-18(2)5-6-27(24,25)9-18/h10-11H,3-9H2,1-2H3,(H,20,22)/t11-,18-/m1/s1. The third-order valence-electron chi connectivity index (χ3n) is 5.54. The van der Waals surface area contributed by atoms with Crippen LogP contribution in [0.5, 0.6) is 0 Å². The van der Waals surface area contributed by atoms with Crippen molar-refractivity contribution >= 4 is 37.3 Å². The summed E-state index contributed by atoms with van der Waals surface area (Å²) in [7, 11) is -3.11. The van der Waals surface area contributed by atoms with Crippen molar-refractivity contribution in [3.05, 3.63) is 27.1 Å². The zero-order chi connectivity index (χ0) is 19.4. The predicted molar refractivity (Wildman–Crippen MR) is 105 cm³/mol. The molecule has 2 aromatic rings. The van der Waals surface area contributed by atoms with Gasteiger partial charge in [0.25, 0.3) is 5.56 Å². The summed E-state index contributed by atoms with van der Waals surface area (Å²) in [6, 6.07) is 0. The van der Waals surface area contributed by atoms with E-state index >= 15 is 0 Å². The number of thiophene rings is 1. The third-order valence-corrected chi connectivity index (χ3v) is 8.61. The van der Waals surface area contributed by atoms with Gasteiger partial charge in [-0.25, -0.2) is 13.4 Å². The van der Waals surface area contributed by atoms with E-state index in [-0.39, 0.29) is 29.5 Å². The fourth-order valence-corrected chi connectivity index (χ4v) is 7.55. The number of rotatable bonds is 3. The second kappa shape index (κ2) is 6.41. The maximum absolute atomic E-state index is 13.0. The Hall–Kier alpha value is -1.74. The fraction of sp³-hybridized carbons (Fsp3) is 0.611. The first-order chi connectivity index (χ1) is 12.7. The Morgan fingerprint density at radius 1 is 1.48 bits per heavy atom. The van der Waals surface area contributed by atoms with E-state index in [4.69, 9.17) is 0 Å². The van der Waals surface area contributed by atoms with Gasteiger partial charge in [-0.05, 0) is 44.1 Å². The highest BCUT2D eigenvalue weighted by molar-refractivity contribution is 7.91. The van der Waals surface area contributed by atoms with Crippen molar-refractivity contribution in [3.63, 3.8) is 0 Å². The first-order valence-corrected chi connectivity index (χ1v) is 11.8. The highest BCUT2D eigenvalue weighted by Crippen LogP contribution is 2.35. The van der Waals surface area contributed by atoms with Crippen LogP contribution in [-0.4, -0.2) is 40.9 Å². The van der Waals surface area contributed by atoms with Gasteiger partial charge < -0.3 is 5.32 Å². The summed E-state index contributed by atoms with van der Waals surface area (Å²) in [5.74, 6) is 0.266. The van der Waals surface area contributed by atoms with Gasteiger partial charge in [0, 0.05) is 4.88 Å². The number of nitrogens with one attached hydrogen (secondary N) is 1. The molecule has 0 unspecified atom stereocenters. The molecule has 2 aromatic heterocycles. The second-order valence-electron chi connectivity index (χ2n) is 8.16. The van der Waals surface area contributed by atoms with Gasteiger partial charge in [0.15, 0.2) is 9.84 Å². The average molecular weight is 410 g/mol. The molecule has 1 amide bonds. The Bertz CT molecular complexity index is 1090. The Kier molecular flexibility index (Phi) is 4.42. The SMILES string of the molecule is C[C@@H]1CCc2c(sc3ncn(CC(=O)N[C@]4(C)CCS(=O)(=O)C4)c(=O)c23)C1. The van der Waals surface area contributed by atoms with E-state index in [9.17, 15) is 18.0 Å². The van der Waals surface area contributed by atoms with E-state index < -0.39 is 15.4 Å². The number of carbonyl (C=O) groups is 1. The maximum atomic E-state index is 13.0. The molecule has 0 saturated carbocycles. The van der Waals surface area contributed by atoms with Gasteiger partial charge in [-0.1, -0.05) is 6.92 Å². The average Bonchev–Trinajstić information content (AvgIpc) is 3.06. The van der Waals surface area contributed by atoms with Gasteiger partial charge in [0.2, 0.25) is 5.91 Å². The Labute approximate surface area is 161 Å². The van der Waals surface area contributed by atoms with Crippen molar-refractivity contribution in [2.45, 2.75) is 51.6 Å². The molecule has 27 heavy (non-hydrogen) atoms. The molecule has 0 radical (unpaired) electrons. The van der Waals surface area contributed by atoms with Crippen LogP contribution in [0, 0.1) is 5.92 Å². The van der Waals surface area contributed by atoms with E-state index in [1.54, 1.807) is 18.3 Å². The number of sulfone groups is 1. The number of amides is 1.